The zero-order valence-electron chi connectivity index (χ0n) is 13.6. The van der Waals surface area contributed by atoms with E-state index in [4.69, 9.17) is 0 Å². The lowest BCUT2D eigenvalue weighted by molar-refractivity contribution is -0.116. The average Bonchev–Trinajstić information content (AvgIpc) is 2.81. The summed E-state index contributed by atoms with van der Waals surface area (Å²) in [6, 6.07) is 26.5. The van der Waals surface area contributed by atoms with E-state index in [0.717, 1.165) is 16.9 Å². The van der Waals surface area contributed by atoms with Crippen LogP contribution in [0, 0.1) is 0 Å². The molecule has 1 atom stereocenters. The predicted octanol–water partition coefficient (Wildman–Crippen LogP) is 5.33. The van der Waals surface area contributed by atoms with Gasteiger partial charge in [-0.2, -0.15) is 0 Å². The number of benzene rings is 3. The Labute approximate surface area is 151 Å². The molecule has 25 heavy (non-hydrogen) atoms. The molecule has 3 aromatic rings. The maximum atomic E-state index is 12.2. The Morgan fingerprint density at radius 1 is 0.760 bits per heavy atom. The van der Waals surface area contributed by atoms with Gasteiger partial charge in [0.15, 0.2) is 0 Å². The van der Waals surface area contributed by atoms with Crippen LogP contribution in [0.25, 0.3) is 0 Å². The number of fused-ring (bicyclic) bond motifs is 1. The van der Waals surface area contributed by atoms with Gasteiger partial charge in [-0.1, -0.05) is 54.2 Å². The SMILES string of the molecule is O=C1CC(c2ccc(Sc3ccccc3)cc2)Nc2ccccc2N1. The number of nitrogens with one attached hydrogen (secondary N) is 2. The van der Waals surface area contributed by atoms with Gasteiger partial charge >= 0.3 is 0 Å². The van der Waals surface area contributed by atoms with Gasteiger partial charge < -0.3 is 10.6 Å². The lowest BCUT2D eigenvalue weighted by atomic mass is 10.0. The lowest BCUT2D eigenvalue weighted by Gasteiger charge is -2.17. The Hall–Kier alpha value is -2.72. The molecule has 2 N–H and O–H groups in total. The largest absolute Gasteiger partial charge is 0.376 e. The standard InChI is InChI=1S/C21H18N2OS/c24-21-14-20(22-18-8-4-5-9-19(18)23-21)15-10-12-17(13-11-15)25-16-6-2-1-3-7-16/h1-13,20,22H,14H2,(H,23,24). The minimum atomic E-state index is -0.0283. The molecule has 0 radical (unpaired) electrons. The quantitative estimate of drug-likeness (QED) is 0.673. The summed E-state index contributed by atoms with van der Waals surface area (Å²) in [5.74, 6) is 0.0326. The average molecular weight is 346 g/mol. The second-order valence-corrected chi connectivity index (χ2v) is 7.13. The summed E-state index contributed by atoms with van der Waals surface area (Å²) >= 11 is 1.74. The van der Waals surface area contributed by atoms with Crippen molar-refractivity contribution in [3.05, 3.63) is 84.4 Å². The second kappa shape index (κ2) is 7.03. The molecule has 3 aromatic carbocycles. The minimum Gasteiger partial charge on any atom is -0.376 e. The summed E-state index contributed by atoms with van der Waals surface area (Å²) in [7, 11) is 0. The highest BCUT2D eigenvalue weighted by atomic mass is 32.2. The van der Waals surface area contributed by atoms with Crippen molar-refractivity contribution < 1.29 is 4.79 Å². The fourth-order valence-electron chi connectivity index (χ4n) is 2.94. The van der Waals surface area contributed by atoms with Crippen LogP contribution >= 0.6 is 11.8 Å². The predicted molar refractivity (Wildman–Crippen MR) is 103 cm³/mol. The van der Waals surface area contributed by atoms with Crippen LogP contribution in [0.2, 0.25) is 0 Å². The van der Waals surface area contributed by atoms with Gasteiger partial charge in [0.1, 0.15) is 0 Å². The highest BCUT2D eigenvalue weighted by molar-refractivity contribution is 7.99. The molecule has 1 unspecified atom stereocenters. The molecule has 3 nitrogen and oxygen atoms in total. The fraction of sp³-hybridized carbons (Fsp3) is 0.0952. The molecule has 1 aliphatic rings. The maximum absolute atomic E-state index is 12.2. The molecule has 1 aliphatic heterocycles. The van der Waals surface area contributed by atoms with Crippen molar-refractivity contribution >= 4 is 29.0 Å². The van der Waals surface area contributed by atoms with Crippen molar-refractivity contribution in [1.29, 1.82) is 0 Å². The first-order chi connectivity index (χ1) is 12.3. The Bertz CT molecular complexity index is 878. The van der Waals surface area contributed by atoms with E-state index in [1.807, 2.05) is 42.5 Å². The number of anilines is 2. The fourth-order valence-corrected chi connectivity index (χ4v) is 3.77. The van der Waals surface area contributed by atoms with E-state index >= 15 is 0 Å². The minimum absolute atomic E-state index is 0.0283. The van der Waals surface area contributed by atoms with Gasteiger partial charge in [0.05, 0.1) is 23.8 Å². The van der Waals surface area contributed by atoms with Crippen LogP contribution in [0.5, 0.6) is 0 Å². The third kappa shape index (κ3) is 3.69. The number of rotatable bonds is 3. The maximum Gasteiger partial charge on any atom is 0.226 e. The van der Waals surface area contributed by atoms with Crippen LogP contribution in [0.4, 0.5) is 11.4 Å². The van der Waals surface area contributed by atoms with Crippen LogP contribution in [0.1, 0.15) is 18.0 Å². The molecule has 4 heteroatoms. The summed E-state index contributed by atoms with van der Waals surface area (Å²) in [6.07, 6.45) is 0.417. The number of para-hydroxylation sites is 2. The van der Waals surface area contributed by atoms with Crippen molar-refractivity contribution in [3.8, 4) is 0 Å². The third-order valence-electron chi connectivity index (χ3n) is 4.18. The molecule has 0 saturated heterocycles. The monoisotopic (exact) mass is 346 g/mol. The van der Waals surface area contributed by atoms with Crippen LogP contribution in [0.15, 0.2) is 88.7 Å². The van der Waals surface area contributed by atoms with Crippen molar-refractivity contribution in [2.75, 3.05) is 10.6 Å². The summed E-state index contributed by atoms with van der Waals surface area (Å²) in [6.45, 7) is 0. The Balaban J connectivity index is 1.54. The van der Waals surface area contributed by atoms with Crippen molar-refractivity contribution in [1.82, 2.24) is 0 Å². The van der Waals surface area contributed by atoms with Crippen molar-refractivity contribution in [2.24, 2.45) is 0 Å². The van der Waals surface area contributed by atoms with E-state index in [2.05, 4.69) is 47.0 Å². The number of hydrogen-bond acceptors (Lipinski definition) is 3. The van der Waals surface area contributed by atoms with E-state index in [9.17, 15) is 4.79 Å². The topological polar surface area (TPSA) is 41.1 Å². The molecule has 0 spiro atoms. The van der Waals surface area contributed by atoms with Gasteiger partial charge in [0.2, 0.25) is 5.91 Å². The molecule has 1 heterocycles. The molecule has 124 valence electrons. The molecule has 4 rings (SSSR count). The highest BCUT2D eigenvalue weighted by Gasteiger charge is 2.21. The van der Waals surface area contributed by atoms with E-state index in [1.165, 1.54) is 9.79 Å². The molecule has 0 fully saturated rings. The lowest BCUT2D eigenvalue weighted by Crippen LogP contribution is -2.15. The zero-order chi connectivity index (χ0) is 17.1. The van der Waals surface area contributed by atoms with Gasteiger partial charge in [-0.15, -0.1) is 0 Å². The van der Waals surface area contributed by atoms with Crippen molar-refractivity contribution in [2.45, 2.75) is 22.3 Å². The number of hydrogen-bond donors (Lipinski definition) is 2. The molecule has 0 aliphatic carbocycles. The summed E-state index contributed by atoms with van der Waals surface area (Å²) in [4.78, 5) is 14.6. The first-order valence-corrected chi connectivity index (χ1v) is 9.08. The van der Waals surface area contributed by atoms with E-state index in [-0.39, 0.29) is 11.9 Å². The first kappa shape index (κ1) is 15.8. The molecule has 1 amide bonds. The normalized spacial score (nSPS) is 16.3. The molecular formula is C21H18N2OS. The van der Waals surface area contributed by atoms with Crippen LogP contribution in [-0.2, 0) is 4.79 Å². The van der Waals surface area contributed by atoms with E-state index in [0.29, 0.717) is 6.42 Å². The number of amides is 1. The van der Waals surface area contributed by atoms with Gasteiger partial charge in [-0.25, -0.2) is 0 Å². The van der Waals surface area contributed by atoms with Crippen LogP contribution < -0.4 is 10.6 Å². The van der Waals surface area contributed by atoms with Crippen LogP contribution in [-0.4, -0.2) is 5.91 Å². The Morgan fingerprint density at radius 3 is 2.16 bits per heavy atom. The van der Waals surface area contributed by atoms with Gasteiger partial charge in [-0.3, -0.25) is 4.79 Å². The summed E-state index contributed by atoms with van der Waals surface area (Å²) in [5, 5.41) is 6.45. The second-order valence-electron chi connectivity index (χ2n) is 5.98. The van der Waals surface area contributed by atoms with Crippen molar-refractivity contribution in [3.63, 3.8) is 0 Å². The molecular weight excluding hydrogens is 328 g/mol. The molecule has 0 saturated carbocycles. The summed E-state index contributed by atoms with van der Waals surface area (Å²) in [5.41, 5.74) is 2.91. The van der Waals surface area contributed by atoms with E-state index < -0.39 is 0 Å². The highest BCUT2D eigenvalue weighted by Crippen LogP contribution is 2.33. The Kier molecular flexibility index (Phi) is 4.44. The first-order valence-electron chi connectivity index (χ1n) is 8.26. The third-order valence-corrected chi connectivity index (χ3v) is 5.20. The number of carbonyl (C=O) groups is 1. The molecule has 0 aromatic heterocycles. The zero-order valence-corrected chi connectivity index (χ0v) is 14.4. The Morgan fingerprint density at radius 2 is 1.40 bits per heavy atom. The van der Waals surface area contributed by atoms with Crippen LogP contribution in [0.3, 0.4) is 0 Å². The number of carbonyl (C=O) groups excluding carboxylic acids is 1. The van der Waals surface area contributed by atoms with Gasteiger partial charge in [-0.05, 0) is 42.0 Å². The smallest absolute Gasteiger partial charge is 0.226 e. The van der Waals surface area contributed by atoms with E-state index in [1.54, 1.807) is 11.8 Å². The summed E-state index contributed by atoms with van der Waals surface area (Å²) < 4.78 is 0. The molecule has 0 bridgehead atoms. The van der Waals surface area contributed by atoms with Gasteiger partial charge in [0.25, 0.3) is 0 Å². The van der Waals surface area contributed by atoms with Gasteiger partial charge in [0, 0.05) is 9.79 Å².